The third-order valence-corrected chi connectivity index (χ3v) is 3.39. The van der Waals surface area contributed by atoms with E-state index in [9.17, 15) is 9.18 Å². The summed E-state index contributed by atoms with van der Waals surface area (Å²) in [6, 6.07) is 11.9. The zero-order chi connectivity index (χ0) is 14.1. The van der Waals surface area contributed by atoms with Crippen molar-refractivity contribution >= 4 is 10.9 Å². The molecule has 1 aromatic heterocycles. The molecule has 0 bridgehead atoms. The van der Waals surface area contributed by atoms with Gasteiger partial charge in [-0.2, -0.15) is 0 Å². The van der Waals surface area contributed by atoms with E-state index in [1.165, 1.54) is 24.5 Å². The van der Waals surface area contributed by atoms with Crippen LogP contribution in [0.15, 0.2) is 53.6 Å². The Kier molecular flexibility index (Phi) is 3.06. The molecule has 3 aromatic rings. The number of rotatable bonds is 2. The molecule has 100 valence electrons. The van der Waals surface area contributed by atoms with Crippen molar-refractivity contribution in [2.24, 2.45) is 0 Å². The minimum Gasteiger partial charge on any atom is -0.294 e. The van der Waals surface area contributed by atoms with Crippen LogP contribution in [0, 0.1) is 12.7 Å². The van der Waals surface area contributed by atoms with E-state index in [1.807, 2.05) is 31.2 Å². The molecule has 0 saturated heterocycles. The Bertz CT molecular complexity index is 839. The number of hydrogen-bond acceptors (Lipinski definition) is 2. The number of nitrogens with zero attached hydrogens (tertiary/aromatic N) is 2. The second-order valence-corrected chi connectivity index (χ2v) is 4.77. The molecule has 0 N–H and O–H groups in total. The molecule has 0 aliphatic rings. The van der Waals surface area contributed by atoms with Crippen LogP contribution in [0.4, 0.5) is 4.39 Å². The summed E-state index contributed by atoms with van der Waals surface area (Å²) >= 11 is 0. The Balaban J connectivity index is 2.09. The van der Waals surface area contributed by atoms with Gasteiger partial charge in [0.1, 0.15) is 5.82 Å². The smallest absolute Gasteiger partial charge is 0.261 e. The van der Waals surface area contributed by atoms with Crippen molar-refractivity contribution < 1.29 is 4.39 Å². The lowest BCUT2D eigenvalue weighted by Crippen LogP contribution is -2.21. The lowest BCUT2D eigenvalue weighted by Gasteiger charge is -2.09. The zero-order valence-corrected chi connectivity index (χ0v) is 11.0. The van der Waals surface area contributed by atoms with Gasteiger partial charge in [-0.1, -0.05) is 24.3 Å². The number of fused-ring (bicyclic) bond motifs is 1. The molecule has 0 aliphatic heterocycles. The molecule has 3 nitrogen and oxygen atoms in total. The molecule has 0 radical (unpaired) electrons. The van der Waals surface area contributed by atoms with Crippen molar-refractivity contribution in [3.63, 3.8) is 0 Å². The van der Waals surface area contributed by atoms with Gasteiger partial charge < -0.3 is 0 Å². The molecule has 0 aliphatic carbocycles. The quantitative estimate of drug-likeness (QED) is 0.716. The maximum atomic E-state index is 13.1. The average molecular weight is 268 g/mol. The van der Waals surface area contributed by atoms with Gasteiger partial charge >= 0.3 is 0 Å². The van der Waals surface area contributed by atoms with Crippen molar-refractivity contribution in [1.29, 1.82) is 0 Å². The first-order valence-corrected chi connectivity index (χ1v) is 6.34. The van der Waals surface area contributed by atoms with Crippen LogP contribution in [-0.4, -0.2) is 9.55 Å². The molecule has 4 heteroatoms. The molecule has 0 amide bonds. The molecule has 0 fully saturated rings. The van der Waals surface area contributed by atoms with Gasteiger partial charge in [-0.25, -0.2) is 9.37 Å². The highest BCUT2D eigenvalue weighted by molar-refractivity contribution is 5.77. The predicted octanol–water partition coefficient (Wildman–Crippen LogP) is 2.89. The number of halogens is 1. The molecule has 0 spiro atoms. The van der Waals surface area contributed by atoms with E-state index in [2.05, 4.69) is 4.98 Å². The Labute approximate surface area is 115 Å². The zero-order valence-electron chi connectivity index (χ0n) is 11.0. The van der Waals surface area contributed by atoms with Gasteiger partial charge in [0, 0.05) is 6.07 Å². The summed E-state index contributed by atoms with van der Waals surface area (Å²) in [5.74, 6) is -0.388. The minimum atomic E-state index is -0.388. The van der Waals surface area contributed by atoms with Gasteiger partial charge in [0.05, 0.1) is 23.8 Å². The molecule has 0 saturated carbocycles. The summed E-state index contributed by atoms with van der Waals surface area (Å²) in [7, 11) is 0. The minimum absolute atomic E-state index is 0.154. The van der Waals surface area contributed by atoms with Gasteiger partial charge in [-0.3, -0.25) is 9.36 Å². The molecule has 20 heavy (non-hydrogen) atoms. The van der Waals surface area contributed by atoms with E-state index in [0.717, 1.165) is 11.1 Å². The van der Waals surface area contributed by atoms with E-state index in [4.69, 9.17) is 0 Å². The molecule has 2 aromatic carbocycles. The van der Waals surface area contributed by atoms with Crippen LogP contribution in [0.25, 0.3) is 10.9 Å². The second-order valence-electron chi connectivity index (χ2n) is 4.77. The van der Waals surface area contributed by atoms with Crippen LogP contribution in [0.1, 0.15) is 11.1 Å². The summed E-state index contributed by atoms with van der Waals surface area (Å²) in [5, 5.41) is 0.433. The summed E-state index contributed by atoms with van der Waals surface area (Å²) in [6.45, 7) is 2.47. The number of benzene rings is 2. The van der Waals surface area contributed by atoms with Gasteiger partial charge in [0.25, 0.3) is 5.56 Å². The van der Waals surface area contributed by atoms with E-state index in [1.54, 1.807) is 4.57 Å². The average Bonchev–Trinajstić information content (AvgIpc) is 2.44. The highest BCUT2D eigenvalue weighted by Crippen LogP contribution is 2.11. The summed E-state index contributed by atoms with van der Waals surface area (Å²) in [4.78, 5) is 16.5. The summed E-state index contributed by atoms with van der Waals surface area (Å²) in [5.41, 5.74) is 2.42. The Morgan fingerprint density at radius 1 is 1.20 bits per heavy atom. The SMILES string of the molecule is Cc1ccccc1Cn1cnc2cc(F)ccc2c1=O. The third kappa shape index (κ3) is 2.20. The number of hydrogen-bond donors (Lipinski definition) is 0. The van der Waals surface area contributed by atoms with Crippen LogP contribution in [0.5, 0.6) is 0 Å². The second kappa shape index (κ2) is 4.89. The van der Waals surface area contributed by atoms with Crippen LogP contribution < -0.4 is 5.56 Å². The molecule has 1 heterocycles. The fourth-order valence-electron chi connectivity index (χ4n) is 2.22. The molecule has 3 rings (SSSR count). The van der Waals surface area contributed by atoms with Crippen molar-refractivity contribution in [2.75, 3.05) is 0 Å². The topological polar surface area (TPSA) is 34.9 Å². The van der Waals surface area contributed by atoms with E-state index in [-0.39, 0.29) is 11.4 Å². The van der Waals surface area contributed by atoms with Gasteiger partial charge in [0.2, 0.25) is 0 Å². The number of aromatic nitrogens is 2. The highest BCUT2D eigenvalue weighted by atomic mass is 19.1. The molecular weight excluding hydrogens is 255 g/mol. The van der Waals surface area contributed by atoms with Gasteiger partial charge in [-0.15, -0.1) is 0 Å². The van der Waals surface area contributed by atoms with Crippen molar-refractivity contribution in [3.05, 3.63) is 76.1 Å². The van der Waals surface area contributed by atoms with Crippen LogP contribution in [0.2, 0.25) is 0 Å². The monoisotopic (exact) mass is 268 g/mol. The third-order valence-electron chi connectivity index (χ3n) is 3.39. The first-order valence-electron chi connectivity index (χ1n) is 6.34. The van der Waals surface area contributed by atoms with Gasteiger partial charge in [0.15, 0.2) is 0 Å². The van der Waals surface area contributed by atoms with E-state index >= 15 is 0 Å². The van der Waals surface area contributed by atoms with Crippen molar-refractivity contribution in [1.82, 2.24) is 9.55 Å². The molecule has 0 unspecified atom stereocenters. The Morgan fingerprint density at radius 3 is 2.80 bits per heavy atom. The number of aryl methyl sites for hydroxylation is 1. The Hall–Kier alpha value is -2.49. The standard InChI is InChI=1S/C16H13FN2O/c1-11-4-2-3-5-12(11)9-19-10-18-15-8-13(17)6-7-14(15)16(19)20/h2-8,10H,9H2,1H3. The fraction of sp³-hybridized carbons (Fsp3) is 0.125. The molecule has 0 atom stereocenters. The first kappa shape index (κ1) is 12.5. The van der Waals surface area contributed by atoms with Crippen LogP contribution in [0.3, 0.4) is 0 Å². The first-order chi connectivity index (χ1) is 9.65. The van der Waals surface area contributed by atoms with Crippen molar-refractivity contribution in [2.45, 2.75) is 13.5 Å². The van der Waals surface area contributed by atoms with Crippen molar-refractivity contribution in [3.8, 4) is 0 Å². The Morgan fingerprint density at radius 2 is 2.00 bits per heavy atom. The lowest BCUT2D eigenvalue weighted by atomic mass is 10.1. The lowest BCUT2D eigenvalue weighted by molar-refractivity contribution is 0.629. The van der Waals surface area contributed by atoms with Gasteiger partial charge in [-0.05, 0) is 30.2 Å². The maximum Gasteiger partial charge on any atom is 0.261 e. The molecular formula is C16H13FN2O. The largest absolute Gasteiger partial charge is 0.294 e. The van der Waals surface area contributed by atoms with E-state index < -0.39 is 0 Å². The van der Waals surface area contributed by atoms with E-state index in [0.29, 0.717) is 17.4 Å². The van der Waals surface area contributed by atoms with Crippen LogP contribution >= 0.6 is 0 Å². The summed E-state index contributed by atoms with van der Waals surface area (Å²) < 4.78 is 14.7. The predicted molar refractivity (Wildman–Crippen MR) is 76.2 cm³/mol. The highest BCUT2D eigenvalue weighted by Gasteiger charge is 2.06. The fourth-order valence-corrected chi connectivity index (χ4v) is 2.22. The maximum absolute atomic E-state index is 13.1. The van der Waals surface area contributed by atoms with Crippen LogP contribution in [-0.2, 0) is 6.54 Å². The normalized spacial score (nSPS) is 10.9. The summed E-state index contributed by atoms with van der Waals surface area (Å²) in [6.07, 6.45) is 1.47.